The van der Waals surface area contributed by atoms with E-state index in [0.29, 0.717) is 12.6 Å². The van der Waals surface area contributed by atoms with Gasteiger partial charge in [-0.25, -0.2) is 4.98 Å². The first-order valence-electron chi connectivity index (χ1n) is 10.5. The van der Waals surface area contributed by atoms with Crippen molar-refractivity contribution < 1.29 is 4.74 Å². The second-order valence-corrected chi connectivity index (χ2v) is 7.50. The monoisotopic (exact) mass is 405 g/mol. The zero-order valence-corrected chi connectivity index (χ0v) is 18.0. The molecule has 0 aliphatic rings. The summed E-state index contributed by atoms with van der Waals surface area (Å²) >= 11 is 0. The van der Waals surface area contributed by atoms with E-state index in [1.807, 2.05) is 30.3 Å². The molecule has 0 saturated carbocycles. The third-order valence-electron chi connectivity index (χ3n) is 4.83. The van der Waals surface area contributed by atoms with Crippen LogP contribution >= 0.6 is 0 Å². The predicted molar refractivity (Wildman–Crippen MR) is 125 cm³/mol. The number of ether oxygens (including phenoxy) is 1. The zero-order valence-electron chi connectivity index (χ0n) is 18.0. The minimum atomic E-state index is 0.525. The number of nitrogen functional groups attached to an aromatic ring is 1. The molecule has 6 heteroatoms. The Labute approximate surface area is 178 Å². The van der Waals surface area contributed by atoms with Crippen LogP contribution in [0.1, 0.15) is 42.9 Å². The number of nitrogens with zero attached hydrogens (tertiary/aromatic N) is 2. The van der Waals surface area contributed by atoms with Crippen LogP contribution in [0.5, 0.6) is 0 Å². The van der Waals surface area contributed by atoms with Crippen LogP contribution < -0.4 is 16.4 Å². The predicted octanol–water partition coefficient (Wildman–Crippen LogP) is 5.87. The fraction of sp³-hybridized carbons (Fsp3) is 0.333. The smallest absolute Gasteiger partial charge is 0.229 e. The zero-order chi connectivity index (χ0) is 21.3. The van der Waals surface area contributed by atoms with Gasteiger partial charge in [0.1, 0.15) is 5.82 Å². The molecule has 2 aromatic carbocycles. The molecule has 6 nitrogen and oxygen atoms in total. The topological polar surface area (TPSA) is 85.1 Å². The Morgan fingerprint density at radius 2 is 1.70 bits per heavy atom. The summed E-state index contributed by atoms with van der Waals surface area (Å²) in [6.07, 6.45) is 5.28. The molecule has 0 aliphatic heterocycles. The fourth-order valence-electron chi connectivity index (χ4n) is 3.29. The number of anilines is 5. The Kier molecular flexibility index (Phi) is 7.63. The van der Waals surface area contributed by atoms with Crippen molar-refractivity contribution in [2.75, 3.05) is 23.0 Å². The van der Waals surface area contributed by atoms with Crippen LogP contribution in [0.4, 0.5) is 28.8 Å². The van der Waals surface area contributed by atoms with E-state index in [9.17, 15) is 0 Å². The van der Waals surface area contributed by atoms with Crippen molar-refractivity contribution in [3.05, 3.63) is 65.4 Å². The van der Waals surface area contributed by atoms with Crippen molar-refractivity contribution >= 4 is 28.8 Å². The number of hydrogen-bond donors (Lipinski definition) is 3. The van der Waals surface area contributed by atoms with Gasteiger partial charge in [-0.1, -0.05) is 31.9 Å². The molecule has 0 saturated heterocycles. The summed E-state index contributed by atoms with van der Waals surface area (Å²) in [6, 6.07) is 13.7. The van der Waals surface area contributed by atoms with Crippen LogP contribution in [0, 0.1) is 13.8 Å². The van der Waals surface area contributed by atoms with Gasteiger partial charge in [-0.3, -0.25) is 0 Å². The van der Waals surface area contributed by atoms with Gasteiger partial charge in [0.25, 0.3) is 0 Å². The molecule has 0 bridgehead atoms. The van der Waals surface area contributed by atoms with Gasteiger partial charge in [-0.05, 0) is 67.3 Å². The molecule has 4 N–H and O–H groups in total. The van der Waals surface area contributed by atoms with E-state index >= 15 is 0 Å². The molecule has 3 aromatic rings. The highest BCUT2D eigenvalue weighted by Crippen LogP contribution is 2.26. The molecule has 0 spiro atoms. The number of benzene rings is 2. The molecule has 30 heavy (non-hydrogen) atoms. The summed E-state index contributed by atoms with van der Waals surface area (Å²) in [5, 5.41) is 6.63. The second kappa shape index (κ2) is 10.6. The Morgan fingerprint density at radius 3 is 2.40 bits per heavy atom. The summed E-state index contributed by atoms with van der Waals surface area (Å²) in [4.78, 5) is 8.88. The molecular weight excluding hydrogens is 374 g/mol. The third-order valence-corrected chi connectivity index (χ3v) is 4.83. The van der Waals surface area contributed by atoms with Gasteiger partial charge in [0.05, 0.1) is 6.61 Å². The Balaban J connectivity index is 1.66. The molecule has 0 aliphatic carbocycles. The fourth-order valence-corrected chi connectivity index (χ4v) is 3.29. The first kappa shape index (κ1) is 21.6. The van der Waals surface area contributed by atoms with Crippen LogP contribution in [-0.4, -0.2) is 16.6 Å². The van der Waals surface area contributed by atoms with E-state index in [2.05, 4.69) is 53.5 Å². The summed E-state index contributed by atoms with van der Waals surface area (Å²) in [5.74, 6) is 1.26. The van der Waals surface area contributed by atoms with Gasteiger partial charge in [0.2, 0.25) is 5.95 Å². The Hall–Kier alpha value is -3.12. The summed E-state index contributed by atoms with van der Waals surface area (Å²) in [7, 11) is 0. The standard InChI is InChI=1S/C24H31N5O/c1-4-5-6-13-30-16-19-14-17(2)23(18(3)15-19)28-22-11-12-26-24(29-22)27-21-9-7-20(25)8-10-21/h7-12,14-15H,4-6,13,16,25H2,1-3H3,(H2,26,27,28,29). The third kappa shape index (κ3) is 6.19. The minimum Gasteiger partial charge on any atom is -0.399 e. The lowest BCUT2D eigenvalue weighted by atomic mass is 10.0. The highest BCUT2D eigenvalue weighted by molar-refractivity contribution is 5.66. The number of rotatable bonds is 10. The number of nitrogens with one attached hydrogen (secondary N) is 2. The largest absolute Gasteiger partial charge is 0.399 e. The normalized spacial score (nSPS) is 10.8. The first-order valence-corrected chi connectivity index (χ1v) is 10.5. The molecule has 158 valence electrons. The van der Waals surface area contributed by atoms with E-state index in [0.717, 1.165) is 47.0 Å². The number of aryl methyl sites for hydroxylation is 2. The molecule has 0 radical (unpaired) electrons. The van der Waals surface area contributed by atoms with Crippen LogP contribution in [-0.2, 0) is 11.3 Å². The van der Waals surface area contributed by atoms with Crippen molar-refractivity contribution in [2.24, 2.45) is 0 Å². The lowest BCUT2D eigenvalue weighted by Crippen LogP contribution is -2.03. The van der Waals surface area contributed by atoms with Gasteiger partial charge in [0.15, 0.2) is 0 Å². The van der Waals surface area contributed by atoms with Gasteiger partial charge in [-0.15, -0.1) is 0 Å². The molecule has 1 heterocycles. The molecule has 0 atom stereocenters. The van der Waals surface area contributed by atoms with Crippen molar-refractivity contribution in [2.45, 2.75) is 46.6 Å². The lowest BCUT2D eigenvalue weighted by molar-refractivity contribution is 0.117. The lowest BCUT2D eigenvalue weighted by Gasteiger charge is -2.15. The van der Waals surface area contributed by atoms with Gasteiger partial charge >= 0.3 is 0 Å². The average Bonchev–Trinajstić information content (AvgIpc) is 2.73. The van der Waals surface area contributed by atoms with E-state index in [-0.39, 0.29) is 0 Å². The van der Waals surface area contributed by atoms with Crippen molar-refractivity contribution in [3.63, 3.8) is 0 Å². The van der Waals surface area contributed by atoms with Crippen LogP contribution in [0.15, 0.2) is 48.7 Å². The molecule has 0 amide bonds. The SMILES string of the molecule is CCCCCOCc1cc(C)c(Nc2ccnc(Nc3ccc(N)cc3)n2)c(C)c1. The second-order valence-electron chi connectivity index (χ2n) is 7.50. The quantitative estimate of drug-likeness (QED) is 0.289. The van der Waals surface area contributed by atoms with Gasteiger partial charge in [0, 0.05) is 29.9 Å². The van der Waals surface area contributed by atoms with Crippen LogP contribution in [0.25, 0.3) is 0 Å². The van der Waals surface area contributed by atoms with Crippen LogP contribution in [0.2, 0.25) is 0 Å². The number of unbranched alkanes of at least 4 members (excludes halogenated alkanes) is 2. The molecule has 0 unspecified atom stereocenters. The Bertz CT molecular complexity index is 933. The highest BCUT2D eigenvalue weighted by Gasteiger charge is 2.08. The van der Waals surface area contributed by atoms with Gasteiger partial charge < -0.3 is 21.1 Å². The van der Waals surface area contributed by atoms with E-state index in [1.54, 1.807) is 6.20 Å². The van der Waals surface area contributed by atoms with Crippen molar-refractivity contribution in [1.82, 2.24) is 9.97 Å². The van der Waals surface area contributed by atoms with E-state index in [1.165, 1.54) is 18.4 Å². The Morgan fingerprint density at radius 1 is 0.967 bits per heavy atom. The minimum absolute atomic E-state index is 0.525. The maximum absolute atomic E-state index is 5.81. The summed E-state index contributed by atoms with van der Waals surface area (Å²) in [6.45, 7) is 7.87. The van der Waals surface area contributed by atoms with E-state index in [4.69, 9.17) is 10.5 Å². The molecule has 1 aromatic heterocycles. The summed E-state index contributed by atoms with van der Waals surface area (Å²) in [5.41, 5.74) is 11.9. The summed E-state index contributed by atoms with van der Waals surface area (Å²) < 4.78 is 5.81. The van der Waals surface area contributed by atoms with Crippen molar-refractivity contribution in [3.8, 4) is 0 Å². The van der Waals surface area contributed by atoms with Crippen molar-refractivity contribution in [1.29, 1.82) is 0 Å². The highest BCUT2D eigenvalue weighted by atomic mass is 16.5. The molecule has 3 rings (SSSR count). The maximum atomic E-state index is 5.81. The number of hydrogen-bond acceptors (Lipinski definition) is 6. The number of aromatic nitrogens is 2. The average molecular weight is 406 g/mol. The first-order chi connectivity index (χ1) is 14.5. The van der Waals surface area contributed by atoms with Crippen LogP contribution in [0.3, 0.4) is 0 Å². The molecule has 0 fully saturated rings. The molecular formula is C24H31N5O. The maximum Gasteiger partial charge on any atom is 0.229 e. The number of nitrogens with two attached hydrogens (primary N) is 1. The van der Waals surface area contributed by atoms with Gasteiger partial charge in [-0.2, -0.15) is 4.98 Å². The van der Waals surface area contributed by atoms with E-state index < -0.39 is 0 Å².